The van der Waals surface area contributed by atoms with Crippen molar-refractivity contribution in [3.8, 4) is 0 Å². The quantitative estimate of drug-likeness (QED) is 0.563. The fourth-order valence-corrected chi connectivity index (χ4v) is 3.02. The van der Waals surface area contributed by atoms with Crippen LogP contribution in [-0.4, -0.2) is 84.0 Å². The van der Waals surface area contributed by atoms with Gasteiger partial charge in [0.15, 0.2) is 0 Å². The normalized spacial score (nSPS) is 19.4. The Bertz CT molecular complexity index is 581. The molecule has 0 saturated carbocycles. The number of hydrogen-bond donors (Lipinski definition) is 0. The van der Waals surface area contributed by atoms with Gasteiger partial charge in [-0.3, -0.25) is 14.5 Å². The molecule has 2 aliphatic rings. The molecule has 0 radical (unpaired) electrons. The molecule has 0 aromatic carbocycles. The van der Waals surface area contributed by atoms with E-state index in [2.05, 4.69) is 9.88 Å². The van der Waals surface area contributed by atoms with Crippen LogP contribution in [0.2, 0.25) is 5.15 Å². The predicted molar refractivity (Wildman–Crippen MR) is 88.5 cm³/mol. The number of rotatable bonds is 2. The average Bonchev–Trinajstić information content (AvgIpc) is 2.64. The van der Waals surface area contributed by atoms with E-state index in [1.165, 1.54) is 0 Å². The summed E-state index contributed by atoms with van der Waals surface area (Å²) in [5.41, 5.74) is 1.09. The van der Waals surface area contributed by atoms with E-state index in [4.69, 9.17) is 16.3 Å². The summed E-state index contributed by atoms with van der Waals surface area (Å²) in [6.07, 6.45) is 1.77. The maximum absolute atomic E-state index is 12.4. The topological polar surface area (TPSA) is 66.0 Å². The van der Waals surface area contributed by atoms with Crippen molar-refractivity contribution in [3.05, 3.63) is 29.0 Å². The Morgan fingerprint density at radius 2 is 1.62 bits per heavy atom. The van der Waals surface area contributed by atoms with E-state index in [0.29, 0.717) is 44.5 Å². The average molecular weight is 353 g/mol. The molecule has 0 bridgehead atoms. The van der Waals surface area contributed by atoms with Crippen LogP contribution in [0, 0.1) is 0 Å². The summed E-state index contributed by atoms with van der Waals surface area (Å²) in [7, 11) is 0. The lowest BCUT2D eigenvalue weighted by atomic mass is 10.2. The first-order chi connectivity index (χ1) is 11.6. The lowest BCUT2D eigenvalue weighted by Crippen LogP contribution is -2.54. The minimum absolute atomic E-state index is 0.398. The summed E-state index contributed by atoms with van der Waals surface area (Å²) in [4.78, 5) is 34.1. The van der Waals surface area contributed by atoms with Crippen LogP contribution in [0.15, 0.2) is 18.3 Å². The SMILES string of the molecule is O=C(C(=O)N1CCN(Cc2ccc(Cl)nc2)CC1)N1CCOCC1. The summed E-state index contributed by atoms with van der Waals surface area (Å²) in [5, 5.41) is 0.482. The second kappa shape index (κ2) is 7.92. The van der Waals surface area contributed by atoms with Crippen LogP contribution in [0.3, 0.4) is 0 Å². The van der Waals surface area contributed by atoms with Gasteiger partial charge in [0.05, 0.1) is 13.2 Å². The first-order valence-corrected chi connectivity index (χ1v) is 8.50. The summed E-state index contributed by atoms with van der Waals surface area (Å²) in [6.45, 7) is 5.37. The van der Waals surface area contributed by atoms with Gasteiger partial charge < -0.3 is 14.5 Å². The van der Waals surface area contributed by atoms with Gasteiger partial charge in [-0.15, -0.1) is 0 Å². The van der Waals surface area contributed by atoms with Gasteiger partial charge in [-0.1, -0.05) is 17.7 Å². The van der Waals surface area contributed by atoms with Crippen molar-refractivity contribution in [2.45, 2.75) is 6.54 Å². The number of piperazine rings is 1. The van der Waals surface area contributed by atoms with Gasteiger partial charge in [-0.05, 0) is 11.6 Å². The molecular weight excluding hydrogens is 332 g/mol. The van der Waals surface area contributed by atoms with Gasteiger partial charge in [0.25, 0.3) is 0 Å². The third-order valence-electron chi connectivity index (χ3n) is 4.34. The maximum Gasteiger partial charge on any atom is 0.312 e. The first-order valence-electron chi connectivity index (χ1n) is 8.12. The van der Waals surface area contributed by atoms with E-state index in [9.17, 15) is 9.59 Å². The Morgan fingerprint density at radius 1 is 1.00 bits per heavy atom. The van der Waals surface area contributed by atoms with Crippen molar-refractivity contribution in [1.82, 2.24) is 19.7 Å². The zero-order chi connectivity index (χ0) is 16.9. The number of hydrogen-bond acceptors (Lipinski definition) is 5. The van der Waals surface area contributed by atoms with E-state index in [-0.39, 0.29) is 0 Å². The summed E-state index contributed by atoms with van der Waals surface area (Å²) >= 11 is 5.79. The van der Waals surface area contributed by atoms with Crippen molar-refractivity contribution >= 4 is 23.4 Å². The molecule has 0 unspecified atom stereocenters. The fourth-order valence-electron chi connectivity index (χ4n) is 2.90. The van der Waals surface area contributed by atoms with Gasteiger partial charge >= 0.3 is 11.8 Å². The van der Waals surface area contributed by atoms with Gasteiger partial charge in [0.2, 0.25) is 0 Å². The van der Waals surface area contributed by atoms with Crippen LogP contribution < -0.4 is 0 Å². The van der Waals surface area contributed by atoms with Crippen LogP contribution in [0.5, 0.6) is 0 Å². The molecule has 8 heteroatoms. The van der Waals surface area contributed by atoms with Crippen LogP contribution in [0.1, 0.15) is 5.56 Å². The second-order valence-electron chi connectivity index (χ2n) is 5.96. The van der Waals surface area contributed by atoms with Crippen molar-refractivity contribution in [2.75, 3.05) is 52.5 Å². The Hall–Kier alpha value is -1.70. The number of carbonyl (C=O) groups excluding carboxylic acids is 2. The molecule has 0 spiro atoms. The molecule has 2 saturated heterocycles. The molecule has 2 amide bonds. The molecule has 7 nitrogen and oxygen atoms in total. The highest BCUT2D eigenvalue weighted by Crippen LogP contribution is 2.11. The Balaban J connectivity index is 1.48. The molecule has 0 N–H and O–H groups in total. The zero-order valence-corrected chi connectivity index (χ0v) is 14.2. The molecule has 2 aliphatic heterocycles. The summed E-state index contributed by atoms with van der Waals surface area (Å²) in [6, 6.07) is 3.73. The second-order valence-corrected chi connectivity index (χ2v) is 6.35. The fraction of sp³-hybridized carbons (Fsp3) is 0.562. The molecule has 2 fully saturated rings. The zero-order valence-electron chi connectivity index (χ0n) is 13.5. The number of halogens is 1. The molecule has 0 atom stereocenters. The summed E-state index contributed by atoms with van der Waals surface area (Å²) in [5.74, 6) is -0.807. The smallest absolute Gasteiger partial charge is 0.312 e. The van der Waals surface area contributed by atoms with Crippen LogP contribution in [0.4, 0.5) is 0 Å². The van der Waals surface area contributed by atoms with E-state index >= 15 is 0 Å². The lowest BCUT2D eigenvalue weighted by molar-refractivity contribution is -0.155. The van der Waals surface area contributed by atoms with Crippen molar-refractivity contribution in [3.63, 3.8) is 0 Å². The molecule has 130 valence electrons. The Kier molecular flexibility index (Phi) is 5.65. The third-order valence-corrected chi connectivity index (χ3v) is 4.56. The van der Waals surface area contributed by atoms with Gasteiger partial charge in [0, 0.05) is 52.0 Å². The highest BCUT2D eigenvalue weighted by atomic mass is 35.5. The summed E-state index contributed by atoms with van der Waals surface area (Å²) < 4.78 is 5.21. The predicted octanol–water partition coefficient (Wildman–Crippen LogP) is 0.238. The third kappa shape index (κ3) is 4.23. The maximum atomic E-state index is 12.4. The minimum atomic E-state index is -0.409. The highest BCUT2D eigenvalue weighted by molar-refractivity contribution is 6.34. The van der Waals surface area contributed by atoms with E-state index < -0.39 is 11.8 Å². The molecule has 24 heavy (non-hydrogen) atoms. The molecule has 1 aromatic rings. The Labute approximate surface area is 146 Å². The number of morpholine rings is 1. The number of pyridine rings is 1. The number of amides is 2. The largest absolute Gasteiger partial charge is 0.378 e. The number of carbonyl (C=O) groups is 2. The minimum Gasteiger partial charge on any atom is -0.378 e. The monoisotopic (exact) mass is 352 g/mol. The molecular formula is C16H21ClN4O3. The number of ether oxygens (including phenoxy) is 1. The van der Waals surface area contributed by atoms with Crippen molar-refractivity contribution < 1.29 is 14.3 Å². The highest BCUT2D eigenvalue weighted by Gasteiger charge is 2.30. The van der Waals surface area contributed by atoms with E-state index in [0.717, 1.165) is 25.2 Å². The molecule has 3 heterocycles. The molecule has 3 rings (SSSR count). The van der Waals surface area contributed by atoms with Crippen molar-refractivity contribution in [1.29, 1.82) is 0 Å². The standard InChI is InChI=1S/C16H21ClN4O3/c17-14-2-1-13(11-18-14)12-19-3-5-20(6-4-19)15(22)16(23)21-7-9-24-10-8-21/h1-2,11H,3-10,12H2. The first kappa shape index (κ1) is 17.1. The van der Waals surface area contributed by atoms with E-state index in [1.54, 1.807) is 22.1 Å². The Morgan fingerprint density at radius 3 is 2.21 bits per heavy atom. The van der Waals surface area contributed by atoms with Crippen LogP contribution in [-0.2, 0) is 20.9 Å². The van der Waals surface area contributed by atoms with Crippen molar-refractivity contribution in [2.24, 2.45) is 0 Å². The lowest BCUT2D eigenvalue weighted by Gasteiger charge is -2.35. The molecule has 0 aliphatic carbocycles. The van der Waals surface area contributed by atoms with Crippen LogP contribution in [0.25, 0.3) is 0 Å². The van der Waals surface area contributed by atoms with Crippen LogP contribution >= 0.6 is 11.6 Å². The van der Waals surface area contributed by atoms with E-state index in [1.807, 2.05) is 6.07 Å². The van der Waals surface area contributed by atoms with Gasteiger partial charge in [-0.2, -0.15) is 0 Å². The number of nitrogens with zero attached hydrogens (tertiary/aromatic N) is 4. The van der Waals surface area contributed by atoms with Gasteiger partial charge in [0.1, 0.15) is 5.15 Å². The molecule has 1 aromatic heterocycles. The number of aromatic nitrogens is 1. The van der Waals surface area contributed by atoms with Gasteiger partial charge in [-0.25, -0.2) is 4.98 Å².